The van der Waals surface area contributed by atoms with Crippen molar-refractivity contribution in [2.75, 3.05) is 12.4 Å². The number of anilines is 1. The quantitative estimate of drug-likeness (QED) is 0.277. The van der Waals surface area contributed by atoms with Gasteiger partial charge in [-0.05, 0) is 34.7 Å². The molecule has 0 aliphatic carbocycles. The summed E-state index contributed by atoms with van der Waals surface area (Å²) in [5.74, 6) is -0.332. The summed E-state index contributed by atoms with van der Waals surface area (Å²) in [6, 6.07) is 20.9. The van der Waals surface area contributed by atoms with E-state index in [0.717, 1.165) is 27.9 Å². The first-order valence-corrected chi connectivity index (χ1v) is 14.8. The first-order valence-electron chi connectivity index (χ1n) is 14.8. The number of ether oxygens (including phenoxy) is 3. The van der Waals surface area contributed by atoms with Crippen molar-refractivity contribution in [1.29, 1.82) is 0 Å². The molecule has 4 aromatic rings. The topological polar surface area (TPSA) is 141 Å². The lowest BCUT2D eigenvalue weighted by atomic mass is 9.72. The molecule has 4 heterocycles. The zero-order valence-corrected chi connectivity index (χ0v) is 25.0. The van der Waals surface area contributed by atoms with Gasteiger partial charge in [0.2, 0.25) is 11.8 Å². The van der Waals surface area contributed by atoms with Crippen molar-refractivity contribution in [3.05, 3.63) is 112 Å². The highest BCUT2D eigenvalue weighted by Crippen LogP contribution is 2.58. The number of para-hydroxylation sites is 1. The molecule has 0 saturated carbocycles. The molecular weight excluding hydrogens is 576 g/mol. The minimum atomic E-state index is -1.10. The van der Waals surface area contributed by atoms with Crippen LogP contribution in [-0.2, 0) is 32.7 Å². The number of hydrogen-bond donors (Lipinski definition) is 3. The molecular formula is C34H32N4O7. The third-order valence-corrected chi connectivity index (χ3v) is 8.62. The molecule has 45 heavy (non-hydrogen) atoms. The molecule has 4 atom stereocenters. The van der Waals surface area contributed by atoms with Crippen molar-refractivity contribution in [2.24, 2.45) is 5.92 Å². The van der Waals surface area contributed by atoms with E-state index in [-0.39, 0.29) is 36.3 Å². The molecule has 3 aromatic carbocycles. The number of amides is 2. The Labute approximate surface area is 259 Å². The van der Waals surface area contributed by atoms with E-state index in [1.807, 2.05) is 86.6 Å². The number of nitrogens with zero attached hydrogens (tertiary/aromatic N) is 1. The maximum absolute atomic E-state index is 13.9. The number of alkyl carbamates (subject to hydrolysis) is 1. The van der Waals surface area contributed by atoms with Gasteiger partial charge in [0, 0.05) is 17.7 Å². The lowest BCUT2D eigenvalue weighted by molar-refractivity contribution is -0.124. The second-order valence-electron chi connectivity index (χ2n) is 11.7. The summed E-state index contributed by atoms with van der Waals surface area (Å²) in [7, 11) is 1.29. The molecule has 4 bridgehead atoms. The summed E-state index contributed by atoms with van der Waals surface area (Å²) in [5, 5.41) is 9.22. The van der Waals surface area contributed by atoms with Crippen LogP contribution in [0.5, 0.6) is 5.75 Å². The lowest BCUT2D eigenvalue weighted by Gasteiger charge is -2.28. The van der Waals surface area contributed by atoms with E-state index < -0.39 is 41.7 Å². The first-order chi connectivity index (χ1) is 21.8. The van der Waals surface area contributed by atoms with Crippen LogP contribution in [-0.4, -0.2) is 42.3 Å². The lowest BCUT2D eigenvalue weighted by Crippen LogP contribution is -2.49. The zero-order chi connectivity index (χ0) is 31.3. The number of carbonyl (C=O) groups excluding carboxylic acids is 3. The molecule has 1 unspecified atom stereocenters. The van der Waals surface area contributed by atoms with E-state index in [1.54, 1.807) is 0 Å². The van der Waals surface area contributed by atoms with Gasteiger partial charge in [-0.2, -0.15) is 0 Å². The van der Waals surface area contributed by atoms with Crippen molar-refractivity contribution < 1.29 is 33.0 Å². The fraction of sp³-hybridized carbons (Fsp3) is 0.294. The number of aromatic nitrogens is 1. The van der Waals surface area contributed by atoms with Gasteiger partial charge < -0.3 is 34.6 Å². The van der Waals surface area contributed by atoms with Gasteiger partial charge in [0.1, 0.15) is 29.9 Å². The van der Waals surface area contributed by atoms with Gasteiger partial charge in [-0.1, -0.05) is 74.5 Å². The van der Waals surface area contributed by atoms with E-state index in [9.17, 15) is 14.4 Å². The Morgan fingerprint density at radius 3 is 2.60 bits per heavy atom. The molecule has 1 spiro atoms. The van der Waals surface area contributed by atoms with Crippen LogP contribution >= 0.6 is 0 Å². The molecule has 0 saturated heterocycles. The summed E-state index contributed by atoms with van der Waals surface area (Å²) >= 11 is 0. The van der Waals surface area contributed by atoms with Crippen molar-refractivity contribution in [3.63, 3.8) is 0 Å². The van der Waals surface area contributed by atoms with Crippen molar-refractivity contribution in [1.82, 2.24) is 15.6 Å². The SMILES string of the molecule is COC(=O)c1nc2oc1C13c4ccccc4N[C@@H]1Oc1ccc(cc13)C[C@H](NC(=O)OCc1ccccc1)C(=O)N[C@H]2C(C)C. The van der Waals surface area contributed by atoms with Gasteiger partial charge in [-0.15, -0.1) is 0 Å². The van der Waals surface area contributed by atoms with Crippen LogP contribution in [0.3, 0.4) is 0 Å². The maximum atomic E-state index is 13.9. The molecule has 2 amide bonds. The van der Waals surface area contributed by atoms with E-state index in [4.69, 9.17) is 18.6 Å². The van der Waals surface area contributed by atoms with E-state index >= 15 is 0 Å². The van der Waals surface area contributed by atoms with Crippen LogP contribution in [0, 0.1) is 5.92 Å². The monoisotopic (exact) mass is 608 g/mol. The third-order valence-electron chi connectivity index (χ3n) is 8.62. The number of hydrogen-bond acceptors (Lipinski definition) is 9. The largest absolute Gasteiger partial charge is 0.469 e. The van der Waals surface area contributed by atoms with Gasteiger partial charge in [0.05, 0.1) is 7.11 Å². The van der Waals surface area contributed by atoms with Gasteiger partial charge >= 0.3 is 12.1 Å². The van der Waals surface area contributed by atoms with Crippen LogP contribution in [0.4, 0.5) is 10.5 Å². The zero-order valence-electron chi connectivity index (χ0n) is 25.0. The third kappa shape index (κ3) is 4.66. The van der Waals surface area contributed by atoms with Gasteiger partial charge in [0.25, 0.3) is 0 Å². The Morgan fingerprint density at radius 1 is 1.04 bits per heavy atom. The van der Waals surface area contributed by atoms with Gasteiger partial charge in [-0.25, -0.2) is 14.6 Å². The highest BCUT2D eigenvalue weighted by Gasteiger charge is 2.61. The van der Waals surface area contributed by atoms with Crippen LogP contribution in [0.2, 0.25) is 0 Å². The highest BCUT2D eigenvalue weighted by atomic mass is 16.5. The molecule has 11 nitrogen and oxygen atoms in total. The molecule has 3 aliphatic heterocycles. The first kappa shape index (κ1) is 28.5. The molecule has 11 heteroatoms. The number of nitrogens with one attached hydrogen (secondary N) is 3. The highest BCUT2D eigenvalue weighted by molar-refractivity contribution is 5.91. The Hall–Kier alpha value is -5.32. The number of esters is 1. The molecule has 1 aromatic heterocycles. The molecule has 0 fully saturated rings. The Bertz CT molecular complexity index is 1800. The number of carbonyl (C=O) groups is 3. The molecule has 7 rings (SSSR count). The van der Waals surface area contributed by atoms with E-state index in [1.165, 1.54) is 7.11 Å². The smallest absolute Gasteiger partial charge is 0.408 e. The summed E-state index contributed by atoms with van der Waals surface area (Å²) in [6.07, 6.45) is -1.22. The second kappa shape index (κ2) is 11.0. The van der Waals surface area contributed by atoms with Crippen molar-refractivity contribution in [2.45, 2.75) is 50.6 Å². The fourth-order valence-corrected chi connectivity index (χ4v) is 6.44. The minimum Gasteiger partial charge on any atom is -0.469 e. The van der Waals surface area contributed by atoms with Crippen LogP contribution < -0.4 is 20.7 Å². The average molecular weight is 609 g/mol. The number of oxazole rings is 1. The standard InChI is InChI=1S/C34H32N4O7/c1-18(2)26-30-38-27(31(40)42-3)28(45-30)34-21-11-7-8-12-23(21)35-32(34)44-25-14-13-20(15-22(25)34)16-24(29(39)37-26)36-33(41)43-17-19-9-5-4-6-10-19/h4-15,18,24,26,32,35H,16-17H2,1-3H3,(H,36,41)(H,37,39)/t24-,26-,32+,34?/m0/s1. The average Bonchev–Trinajstić information content (AvgIpc) is 3.71. The van der Waals surface area contributed by atoms with Crippen LogP contribution in [0.25, 0.3) is 0 Å². The fourth-order valence-electron chi connectivity index (χ4n) is 6.44. The second-order valence-corrected chi connectivity index (χ2v) is 11.7. The summed E-state index contributed by atoms with van der Waals surface area (Å²) < 4.78 is 23.7. The number of benzene rings is 3. The van der Waals surface area contributed by atoms with Gasteiger partial charge in [-0.3, -0.25) is 4.79 Å². The predicted molar refractivity (Wildman–Crippen MR) is 162 cm³/mol. The molecule has 0 radical (unpaired) electrons. The van der Waals surface area contributed by atoms with E-state index in [0.29, 0.717) is 5.75 Å². The number of fused-ring (bicyclic) bond motifs is 4. The van der Waals surface area contributed by atoms with Crippen LogP contribution in [0.1, 0.15) is 64.3 Å². The summed E-state index contributed by atoms with van der Waals surface area (Å²) in [4.78, 5) is 44.8. The Balaban J connectivity index is 1.36. The van der Waals surface area contributed by atoms with Crippen molar-refractivity contribution >= 4 is 23.7 Å². The summed E-state index contributed by atoms with van der Waals surface area (Å²) in [6.45, 7) is 3.86. The normalized spacial score (nSPS) is 22.5. The molecule has 3 aliphatic rings. The van der Waals surface area contributed by atoms with Crippen molar-refractivity contribution in [3.8, 4) is 5.75 Å². The number of rotatable bonds is 5. The molecule has 3 N–H and O–H groups in total. The Morgan fingerprint density at radius 2 is 1.82 bits per heavy atom. The maximum Gasteiger partial charge on any atom is 0.408 e. The number of methoxy groups -OCH3 is 1. The van der Waals surface area contributed by atoms with Gasteiger partial charge in [0.15, 0.2) is 17.7 Å². The Kier molecular flexibility index (Phi) is 6.95. The minimum absolute atomic E-state index is 0.00355. The van der Waals surface area contributed by atoms with E-state index in [2.05, 4.69) is 20.9 Å². The van der Waals surface area contributed by atoms with Crippen LogP contribution in [0.15, 0.2) is 77.2 Å². The predicted octanol–water partition coefficient (Wildman–Crippen LogP) is 4.60. The molecule has 230 valence electrons. The summed E-state index contributed by atoms with van der Waals surface area (Å²) in [5.41, 5.74) is 2.89.